The normalized spacial score (nSPS) is 11.6. The van der Waals surface area contributed by atoms with Crippen molar-refractivity contribution in [1.29, 1.82) is 0 Å². The molecule has 0 aliphatic heterocycles. The first kappa shape index (κ1) is 27.2. The van der Waals surface area contributed by atoms with Crippen LogP contribution in [0.2, 0.25) is 10.0 Å². The number of carbonyl (C=O) groups is 2. The Hall–Kier alpha value is -3.41. The lowest BCUT2D eigenvalue weighted by Crippen LogP contribution is -2.29. The van der Waals surface area contributed by atoms with Crippen LogP contribution in [0.5, 0.6) is 0 Å². The molecule has 0 aliphatic rings. The minimum absolute atomic E-state index is 0.0153. The first-order valence-electron chi connectivity index (χ1n) is 10.6. The van der Waals surface area contributed by atoms with Gasteiger partial charge in [0.1, 0.15) is 0 Å². The number of nitro benzene ring substituents is 1. The largest absolute Gasteiger partial charge is 0.342 e. The van der Waals surface area contributed by atoms with Crippen LogP contribution in [-0.2, 0) is 11.3 Å². The van der Waals surface area contributed by atoms with E-state index < -0.39 is 16.9 Å². The number of nitrogens with zero attached hydrogens (tertiary/aromatic N) is 4. The van der Waals surface area contributed by atoms with Crippen molar-refractivity contribution in [3.8, 4) is 0 Å². The van der Waals surface area contributed by atoms with E-state index in [-0.39, 0.29) is 27.9 Å². The number of non-ortho nitro benzene ring substituents is 1. The van der Waals surface area contributed by atoms with E-state index in [9.17, 15) is 19.7 Å². The Morgan fingerprint density at radius 1 is 1.25 bits per heavy atom. The van der Waals surface area contributed by atoms with Gasteiger partial charge in [-0.1, -0.05) is 47.1 Å². The minimum Gasteiger partial charge on any atom is -0.342 e. The number of aryl methyl sites for hydroxylation is 1. The topological polar surface area (TPSA) is 132 Å². The maximum atomic E-state index is 12.7. The summed E-state index contributed by atoms with van der Waals surface area (Å²) in [6.07, 6.45) is 1.65. The smallest absolute Gasteiger partial charge is 0.271 e. The number of anilines is 1. The zero-order chi connectivity index (χ0) is 26.4. The summed E-state index contributed by atoms with van der Waals surface area (Å²) in [4.78, 5) is 35.7. The van der Waals surface area contributed by atoms with Crippen molar-refractivity contribution in [2.45, 2.75) is 31.6 Å². The predicted molar refractivity (Wildman–Crippen MR) is 140 cm³/mol. The highest BCUT2D eigenvalue weighted by atomic mass is 35.5. The van der Waals surface area contributed by atoms with Gasteiger partial charge in [0.05, 0.1) is 33.0 Å². The van der Waals surface area contributed by atoms with Gasteiger partial charge in [-0.2, -0.15) is 0 Å². The molecule has 3 rings (SSSR count). The van der Waals surface area contributed by atoms with Crippen LogP contribution < -0.4 is 10.6 Å². The number of amides is 2. The number of aromatic nitrogens is 3. The van der Waals surface area contributed by atoms with Crippen molar-refractivity contribution < 1.29 is 14.5 Å². The van der Waals surface area contributed by atoms with Crippen molar-refractivity contribution in [3.63, 3.8) is 0 Å². The molecular weight excluding hydrogens is 527 g/mol. The van der Waals surface area contributed by atoms with Gasteiger partial charge in [0, 0.05) is 23.7 Å². The van der Waals surface area contributed by atoms with E-state index in [2.05, 4.69) is 27.4 Å². The molecule has 36 heavy (non-hydrogen) atoms. The number of allylic oxidation sites excluding steroid dienone is 1. The van der Waals surface area contributed by atoms with Crippen molar-refractivity contribution in [1.82, 2.24) is 20.1 Å². The van der Waals surface area contributed by atoms with Crippen molar-refractivity contribution in [2.75, 3.05) is 11.1 Å². The summed E-state index contributed by atoms with van der Waals surface area (Å²) >= 11 is 13.2. The van der Waals surface area contributed by atoms with E-state index in [1.165, 1.54) is 24.3 Å². The van der Waals surface area contributed by atoms with E-state index >= 15 is 0 Å². The standard InChI is InChI=1S/C23H22Cl2N6O4S/c1-4-9-30-21(14(3)26-22(33)17-8-6-15(24)10-18(17)25)28-29-23(30)36-12-20(32)27-19-11-16(31(34)35)7-5-13(19)2/h4-8,10-11,14H,1,9,12H2,2-3H3,(H,26,33)(H,27,32)/t14-/m1/s1. The van der Waals surface area contributed by atoms with E-state index in [1.54, 1.807) is 36.6 Å². The molecule has 1 aromatic heterocycles. The summed E-state index contributed by atoms with van der Waals surface area (Å²) in [5.74, 6) is -0.320. The van der Waals surface area contributed by atoms with Crippen LogP contribution in [-0.4, -0.2) is 37.3 Å². The lowest BCUT2D eigenvalue weighted by atomic mass is 10.2. The molecule has 0 saturated heterocycles. The monoisotopic (exact) mass is 548 g/mol. The maximum Gasteiger partial charge on any atom is 0.271 e. The SMILES string of the molecule is C=CCn1c(SCC(=O)Nc2cc([N+](=O)[O-])ccc2C)nnc1[C@@H](C)NC(=O)c1ccc(Cl)cc1Cl. The van der Waals surface area contributed by atoms with Crippen molar-refractivity contribution >= 4 is 58.2 Å². The molecule has 0 spiro atoms. The third kappa shape index (κ3) is 6.62. The molecule has 13 heteroatoms. The van der Waals surface area contributed by atoms with Gasteiger partial charge in [0.15, 0.2) is 11.0 Å². The summed E-state index contributed by atoms with van der Waals surface area (Å²) < 4.78 is 1.73. The highest BCUT2D eigenvalue weighted by Gasteiger charge is 2.22. The molecule has 2 amide bonds. The third-order valence-electron chi connectivity index (χ3n) is 5.01. The Balaban J connectivity index is 1.70. The van der Waals surface area contributed by atoms with Gasteiger partial charge >= 0.3 is 0 Å². The van der Waals surface area contributed by atoms with E-state index in [0.717, 1.165) is 11.8 Å². The number of thioether (sulfide) groups is 1. The number of rotatable bonds is 10. The summed E-state index contributed by atoms with van der Waals surface area (Å²) in [5.41, 5.74) is 1.21. The Labute approximate surface area is 221 Å². The Morgan fingerprint density at radius 2 is 2.00 bits per heavy atom. The summed E-state index contributed by atoms with van der Waals surface area (Å²) in [6.45, 7) is 7.59. The van der Waals surface area contributed by atoms with E-state index in [1.807, 2.05) is 0 Å². The highest BCUT2D eigenvalue weighted by molar-refractivity contribution is 7.99. The van der Waals surface area contributed by atoms with Gasteiger partial charge in [-0.25, -0.2) is 0 Å². The predicted octanol–water partition coefficient (Wildman–Crippen LogP) is 5.21. The number of nitro groups is 1. The number of hydrogen-bond donors (Lipinski definition) is 2. The van der Waals surface area contributed by atoms with E-state index in [4.69, 9.17) is 23.2 Å². The number of hydrogen-bond acceptors (Lipinski definition) is 7. The van der Waals surface area contributed by atoms with Crippen LogP contribution in [0, 0.1) is 17.0 Å². The van der Waals surface area contributed by atoms with Crippen LogP contribution in [0.1, 0.15) is 34.7 Å². The average Bonchev–Trinajstić information content (AvgIpc) is 3.21. The second-order valence-corrected chi connectivity index (χ2v) is 9.44. The zero-order valence-corrected chi connectivity index (χ0v) is 21.7. The fourth-order valence-electron chi connectivity index (χ4n) is 3.21. The molecule has 2 N–H and O–H groups in total. The van der Waals surface area contributed by atoms with Gasteiger partial charge < -0.3 is 15.2 Å². The molecule has 0 saturated carbocycles. The van der Waals surface area contributed by atoms with Gasteiger partial charge in [-0.15, -0.1) is 16.8 Å². The molecule has 0 aliphatic carbocycles. The Kier molecular flexibility index (Phi) is 9.08. The average molecular weight is 549 g/mol. The highest BCUT2D eigenvalue weighted by Crippen LogP contribution is 2.25. The molecular formula is C23H22Cl2N6O4S. The summed E-state index contributed by atoms with van der Waals surface area (Å²) in [5, 5.41) is 26.0. The summed E-state index contributed by atoms with van der Waals surface area (Å²) in [6, 6.07) is 8.31. The molecule has 1 atom stereocenters. The van der Waals surface area contributed by atoms with Gasteiger partial charge in [-0.3, -0.25) is 19.7 Å². The molecule has 0 fully saturated rings. The Bertz CT molecular complexity index is 1330. The number of benzene rings is 2. The van der Waals surface area contributed by atoms with Gasteiger partial charge in [0.2, 0.25) is 5.91 Å². The van der Waals surface area contributed by atoms with Crippen LogP contribution in [0.4, 0.5) is 11.4 Å². The van der Waals surface area contributed by atoms with Crippen LogP contribution in [0.3, 0.4) is 0 Å². The molecule has 3 aromatic rings. The van der Waals surface area contributed by atoms with Crippen LogP contribution in [0.25, 0.3) is 0 Å². The molecule has 2 aromatic carbocycles. The second kappa shape index (κ2) is 12.0. The Morgan fingerprint density at radius 3 is 2.67 bits per heavy atom. The molecule has 0 unspecified atom stereocenters. The van der Waals surface area contributed by atoms with Crippen molar-refractivity contribution in [3.05, 3.63) is 86.2 Å². The van der Waals surface area contributed by atoms with Crippen LogP contribution >= 0.6 is 35.0 Å². The van der Waals surface area contributed by atoms with Crippen LogP contribution in [0.15, 0.2) is 54.2 Å². The summed E-state index contributed by atoms with van der Waals surface area (Å²) in [7, 11) is 0. The first-order chi connectivity index (χ1) is 17.1. The lowest BCUT2D eigenvalue weighted by molar-refractivity contribution is -0.384. The zero-order valence-electron chi connectivity index (χ0n) is 19.3. The third-order valence-corrected chi connectivity index (χ3v) is 6.52. The fraction of sp³-hybridized carbons (Fsp3) is 0.217. The number of nitrogens with one attached hydrogen (secondary N) is 2. The molecule has 188 valence electrons. The number of halogens is 2. The quantitative estimate of drug-likeness (QED) is 0.154. The second-order valence-electron chi connectivity index (χ2n) is 7.65. The molecule has 1 heterocycles. The van der Waals surface area contributed by atoms with Gasteiger partial charge in [-0.05, 0) is 37.6 Å². The lowest BCUT2D eigenvalue weighted by Gasteiger charge is -2.16. The fourth-order valence-corrected chi connectivity index (χ4v) is 4.46. The molecule has 10 nitrogen and oxygen atoms in total. The van der Waals surface area contributed by atoms with Crippen molar-refractivity contribution in [2.24, 2.45) is 0 Å². The van der Waals surface area contributed by atoms with Gasteiger partial charge in [0.25, 0.3) is 11.6 Å². The maximum absolute atomic E-state index is 12.7. The minimum atomic E-state index is -0.535. The van der Waals surface area contributed by atoms with E-state index in [0.29, 0.717) is 33.8 Å². The first-order valence-corrected chi connectivity index (χ1v) is 12.3. The molecule has 0 bridgehead atoms. The number of carbonyl (C=O) groups excluding carboxylic acids is 2. The molecule has 0 radical (unpaired) electrons.